The molecule has 1 N–H and O–H groups in total. The average Bonchev–Trinajstić information content (AvgIpc) is 2.90. The summed E-state index contributed by atoms with van der Waals surface area (Å²) in [7, 11) is 0. The van der Waals surface area contributed by atoms with Crippen molar-refractivity contribution in [3.8, 4) is 0 Å². The van der Waals surface area contributed by atoms with Crippen LogP contribution < -0.4 is 5.43 Å². The highest BCUT2D eigenvalue weighted by atomic mass is 16.6. The van der Waals surface area contributed by atoms with Crippen LogP contribution in [0.5, 0.6) is 0 Å². The Morgan fingerprint density at radius 1 is 0.912 bits per heavy atom. The predicted octanol–water partition coefficient (Wildman–Crippen LogP) is 6.46. The van der Waals surface area contributed by atoms with E-state index in [1.54, 1.807) is 24.3 Å². The summed E-state index contributed by atoms with van der Waals surface area (Å²) >= 11 is 0. The molecule has 6 nitrogen and oxygen atoms in total. The summed E-state index contributed by atoms with van der Waals surface area (Å²) in [5, 5.41) is 15.7. The number of anilines is 1. The molecule has 0 aromatic heterocycles. The molecule has 4 rings (SSSR count). The molecule has 0 saturated carbocycles. The van der Waals surface area contributed by atoms with Crippen molar-refractivity contribution >= 4 is 17.1 Å². The van der Waals surface area contributed by atoms with Gasteiger partial charge in [-0.05, 0) is 93.0 Å². The van der Waals surface area contributed by atoms with Crippen LogP contribution in [0.25, 0.3) is 0 Å². The van der Waals surface area contributed by atoms with Crippen LogP contribution in [-0.4, -0.2) is 35.2 Å². The van der Waals surface area contributed by atoms with Crippen LogP contribution in [0.1, 0.15) is 49.1 Å². The summed E-state index contributed by atoms with van der Waals surface area (Å²) < 4.78 is 0. The van der Waals surface area contributed by atoms with E-state index < -0.39 is 0 Å². The summed E-state index contributed by atoms with van der Waals surface area (Å²) in [5.74, 6) is 0.683. The standard InChI is InChI=1S/C28H32N4O2/c33-32(34)27-16-14-25(15-17-27)28(30-29-26-11-5-2-6-12-26)13-7-8-20-31-21-18-24(19-22-31)23-9-3-1-4-10-23/h1-6,9-12,14-17,24,29H,7-8,13,18-22H2. The summed E-state index contributed by atoms with van der Waals surface area (Å²) in [6.07, 6.45) is 5.39. The summed E-state index contributed by atoms with van der Waals surface area (Å²) in [6.45, 7) is 3.40. The van der Waals surface area contributed by atoms with Crippen molar-refractivity contribution in [2.24, 2.45) is 5.10 Å². The van der Waals surface area contributed by atoms with Crippen LogP contribution in [-0.2, 0) is 0 Å². The normalized spacial score (nSPS) is 15.2. The molecule has 1 saturated heterocycles. The van der Waals surface area contributed by atoms with Gasteiger partial charge in [0.1, 0.15) is 0 Å². The van der Waals surface area contributed by atoms with Crippen LogP contribution in [0, 0.1) is 10.1 Å². The number of nitro benzene ring substituents is 1. The summed E-state index contributed by atoms with van der Waals surface area (Å²) in [5.41, 5.74) is 7.45. The van der Waals surface area contributed by atoms with Gasteiger partial charge in [0.25, 0.3) is 5.69 Å². The molecule has 0 spiro atoms. The van der Waals surface area contributed by atoms with Gasteiger partial charge in [-0.2, -0.15) is 5.10 Å². The first-order chi connectivity index (χ1) is 16.7. The van der Waals surface area contributed by atoms with Crippen LogP contribution in [0.3, 0.4) is 0 Å². The van der Waals surface area contributed by atoms with Crippen molar-refractivity contribution in [3.05, 3.63) is 106 Å². The predicted molar refractivity (Wildman–Crippen MR) is 138 cm³/mol. The molecule has 3 aromatic rings. The third kappa shape index (κ3) is 6.75. The number of unbranched alkanes of at least 4 members (excludes halogenated alkanes) is 1. The number of nitrogens with zero attached hydrogens (tertiary/aromatic N) is 3. The number of nitrogens with one attached hydrogen (secondary N) is 1. The van der Waals surface area contributed by atoms with E-state index in [0.29, 0.717) is 5.92 Å². The number of benzene rings is 3. The molecule has 0 amide bonds. The van der Waals surface area contributed by atoms with Crippen molar-refractivity contribution in [3.63, 3.8) is 0 Å². The van der Waals surface area contributed by atoms with Crippen LogP contribution in [0.4, 0.5) is 11.4 Å². The van der Waals surface area contributed by atoms with Crippen molar-refractivity contribution in [1.29, 1.82) is 0 Å². The maximum absolute atomic E-state index is 11.0. The van der Waals surface area contributed by atoms with E-state index in [1.165, 1.54) is 18.4 Å². The smallest absolute Gasteiger partial charge is 0.269 e. The molecule has 1 aliphatic rings. The van der Waals surface area contributed by atoms with Crippen LogP contribution in [0.15, 0.2) is 90.0 Å². The Morgan fingerprint density at radius 3 is 2.21 bits per heavy atom. The highest BCUT2D eigenvalue weighted by molar-refractivity contribution is 6.01. The number of hydrazone groups is 1. The molecule has 0 bridgehead atoms. The molecule has 1 aliphatic heterocycles. The lowest BCUT2D eigenvalue weighted by Crippen LogP contribution is -2.33. The maximum Gasteiger partial charge on any atom is 0.269 e. The molecule has 0 unspecified atom stereocenters. The molecule has 176 valence electrons. The number of para-hydroxylation sites is 1. The minimum absolute atomic E-state index is 0.0954. The zero-order valence-electron chi connectivity index (χ0n) is 19.5. The van der Waals surface area contributed by atoms with Gasteiger partial charge >= 0.3 is 0 Å². The molecule has 6 heteroatoms. The van der Waals surface area contributed by atoms with E-state index in [4.69, 9.17) is 0 Å². The number of non-ortho nitro benzene ring substituents is 1. The quantitative estimate of drug-likeness (QED) is 0.164. The highest BCUT2D eigenvalue weighted by Gasteiger charge is 2.20. The zero-order valence-corrected chi connectivity index (χ0v) is 19.5. The van der Waals surface area contributed by atoms with E-state index in [-0.39, 0.29) is 10.6 Å². The summed E-state index contributed by atoms with van der Waals surface area (Å²) in [6, 6.07) is 27.4. The van der Waals surface area contributed by atoms with Gasteiger partial charge in [0.05, 0.1) is 16.3 Å². The third-order valence-corrected chi connectivity index (χ3v) is 6.50. The number of piperidine rings is 1. The number of rotatable bonds is 10. The van der Waals surface area contributed by atoms with E-state index in [2.05, 4.69) is 45.8 Å². The third-order valence-electron chi connectivity index (χ3n) is 6.50. The molecule has 3 aromatic carbocycles. The number of hydrogen-bond acceptors (Lipinski definition) is 5. The minimum atomic E-state index is -0.371. The minimum Gasteiger partial charge on any atom is -0.303 e. The Kier molecular flexibility index (Phi) is 8.41. The Balaban J connectivity index is 1.29. The molecule has 1 heterocycles. The lowest BCUT2D eigenvalue weighted by Gasteiger charge is -2.32. The largest absolute Gasteiger partial charge is 0.303 e. The van der Waals surface area contributed by atoms with Gasteiger partial charge in [-0.3, -0.25) is 15.5 Å². The number of nitro groups is 1. The van der Waals surface area contributed by atoms with Crippen molar-refractivity contribution in [2.45, 2.75) is 38.0 Å². The Labute approximate surface area is 201 Å². The van der Waals surface area contributed by atoms with E-state index in [9.17, 15) is 10.1 Å². The van der Waals surface area contributed by atoms with E-state index in [0.717, 1.165) is 55.9 Å². The SMILES string of the molecule is O=[N+]([O-])c1ccc(C(CCCCN2CCC(c3ccccc3)CC2)=NNc2ccccc2)cc1. The number of likely N-dealkylation sites (tertiary alicyclic amines) is 1. The molecule has 34 heavy (non-hydrogen) atoms. The fraction of sp³-hybridized carbons (Fsp3) is 0.321. The molecule has 1 fully saturated rings. The number of hydrogen-bond donors (Lipinski definition) is 1. The fourth-order valence-corrected chi connectivity index (χ4v) is 4.53. The van der Waals surface area contributed by atoms with Crippen LogP contribution in [0.2, 0.25) is 0 Å². The van der Waals surface area contributed by atoms with Gasteiger partial charge in [-0.1, -0.05) is 48.5 Å². The maximum atomic E-state index is 11.0. The van der Waals surface area contributed by atoms with Gasteiger partial charge < -0.3 is 4.90 Å². The van der Waals surface area contributed by atoms with Crippen molar-refractivity contribution in [1.82, 2.24) is 4.90 Å². The second-order valence-corrected chi connectivity index (χ2v) is 8.82. The second-order valence-electron chi connectivity index (χ2n) is 8.82. The van der Waals surface area contributed by atoms with Gasteiger partial charge in [0.2, 0.25) is 0 Å². The Morgan fingerprint density at radius 2 is 1.56 bits per heavy atom. The van der Waals surface area contributed by atoms with Gasteiger partial charge in [-0.25, -0.2) is 0 Å². The highest BCUT2D eigenvalue weighted by Crippen LogP contribution is 2.28. The van der Waals surface area contributed by atoms with Gasteiger partial charge in [-0.15, -0.1) is 0 Å². The molecular weight excluding hydrogens is 424 g/mol. The van der Waals surface area contributed by atoms with Gasteiger partial charge in [0, 0.05) is 12.1 Å². The Hall–Kier alpha value is -3.51. The molecule has 0 atom stereocenters. The average molecular weight is 457 g/mol. The topological polar surface area (TPSA) is 70.8 Å². The van der Waals surface area contributed by atoms with Crippen molar-refractivity contribution in [2.75, 3.05) is 25.1 Å². The monoisotopic (exact) mass is 456 g/mol. The molecular formula is C28H32N4O2. The van der Waals surface area contributed by atoms with Crippen molar-refractivity contribution < 1.29 is 4.92 Å². The second kappa shape index (κ2) is 12.1. The fourth-order valence-electron chi connectivity index (χ4n) is 4.53. The lowest BCUT2D eigenvalue weighted by atomic mass is 9.89. The lowest BCUT2D eigenvalue weighted by molar-refractivity contribution is -0.384. The van der Waals surface area contributed by atoms with Crippen LogP contribution >= 0.6 is 0 Å². The zero-order chi connectivity index (χ0) is 23.6. The van der Waals surface area contributed by atoms with Gasteiger partial charge in [0.15, 0.2) is 0 Å². The summed E-state index contributed by atoms with van der Waals surface area (Å²) in [4.78, 5) is 13.2. The first-order valence-corrected chi connectivity index (χ1v) is 12.1. The van der Waals surface area contributed by atoms with E-state index >= 15 is 0 Å². The molecule has 0 radical (unpaired) electrons. The Bertz CT molecular complexity index is 1060. The van der Waals surface area contributed by atoms with E-state index in [1.807, 2.05) is 30.3 Å². The first-order valence-electron chi connectivity index (χ1n) is 12.1. The first kappa shape index (κ1) is 23.6. The molecule has 0 aliphatic carbocycles.